The molecule has 0 saturated carbocycles. The third-order valence-electron chi connectivity index (χ3n) is 4.43. The molecule has 0 spiro atoms. The highest BCUT2D eigenvalue weighted by atomic mass is 35.5. The molecule has 0 radical (unpaired) electrons. The SMILES string of the molecule is Cn1cc(N2CC[C@@](C)(C(=O)NCc3cc(F)cc(Cl)c3)C2=O)cn1. The molecule has 1 N–H and O–H groups in total. The number of carbonyl (C=O) groups excluding carboxylic acids is 2. The highest BCUT2D eigenvalue weighted by Crippen LogP contribution is 2.34. The zero-order valence-electron chi connectivity index (χ0n) is 13.9. The van der Waals surface area contributed by atoms with E-state index in [1.807, 2.05) is 0 Å². The Kier molecular flexibility index (Phi) is 4.51. The molecule has 1 fully saturated rings. The number of rotatable bonds is 4. The van der Waals surface area contributed by atoms with Gasteiger partial charge < -0.3 is 10.2 Å². The van der Waals surface area contributed by atoms with Crippen LogP contribution in [0.5, 0.6) is 0 Å². The van der Waals surface area contributed by atoms with Gasteiger partial charge >= 0.3 is 0 Å². The number of nitrogens with one attached hydrogen (secondary N) is 1. The van der Waals surface area contributed by atoms with Crippen molar-refractivity contribution < 1.29 is 14.0 Å². The minimum absolute atomic E-state index is 0.103. The third kappa shape index (κ3) is 3.37. The van der Waals surface area contributed by atoms with Crippen LogP contribution in [0.4, 0.5) is 10.1 Å². The summed E-state index contributed by atoms with van der Waals surface area (Å²) in [5, 5.41) is 7.03. The fourth-order valence-electron chi connectivity index (χ4n) is 2.94. The molecule has 3 rings (SSSR count). The van der Waals surface area contributed by atoms with E-state index < -0.39 is 11.2 Å². The minimum Gasteiger partial charge on any atom is -0.351 e. The number of aryl methyl sites for hydroxylation is 1. The molecule has 1 atom stereocenters. The first-order valence-corrected chi connectivity index (χ1v) is 8.21. The van der Waals surface area contributed by atoms with Gasteiger partial charge in [-0.05, 0) is 37.1 Å². The van der Waals surface area contributed by atoms with Crippen LogP contribution in [-0.4, -0.2) is 28.1 Å². The molecule has 25 heavy (non-hydrogen) atoms. The normalized spacial score (nSPS) is 20.2. The number of amides is 2. The second kappa shape index (κ2) is 6.48. The van der Waals surface area contributed by atoms with Crippen molar-refractivity contribution in [2.75, 3.05) is 11.4 Å². The second-order valence-corrected chi connectivity index (χ2v) is 6.81. The summed E-state index contributed by atoms with van der Waals surface area (Å²) >= 11 is 5.81. The number of aromatic nitrogens is 2. The minimum atomic E-state index is -1.16. The van der Waals surface area contributed by atoms with Crippen molar-refractivity contribution in [3.8, 4) is 0 Å². The molecule has 132 valence electrons. The molecule has 1 aromatic heterocycles. The fraction of sp³-hybridized carbons (Fsp3) is 0.353. The number of nitrogens with zero attached hydrogens (tertiary/aromatic N) is 3. The molecule has 0 unspecified atom stereocenters. The second-order valence-electron chi connectivity index (χ2n) is 6.37. The van der Waals surface area contributed by atoms with Gasteiger partial charge in [0, 0.05) is 31.4 Å². The Labute approximate surface area is 149 Å². The van der Waals surface area contributed by atoms with Crippen molar-refractivity contribution in [3.05, 3.63) is 47.0 Å². The Hall–Kier alpha value is -2.41. The average molecular weight is 365 g/mol. The van der Waals surface area contributed by atoms with Gasteiger partial charge in [-0.3, -0.25) is 14.3 Å². The Morgan fingerprint density at radius 2 is 2.20 bits per heavy atom. The molecule has 8 heteroatoms. The number of halogens is 2. The standard InChI is InChI=1S/C17H18ClFN4O2/c1-17(3-4-23(16(17)25)14-9-21-22(2)10-14)15(24)20-8-11-5-12(18)7-13(19)6-11/h5-7,9-10H,3-4,8H2,1-2H3,(H,20,24)/t17-/m0/s1. The summed E-state index contributed by atoms with van der Waals surface area (Å²) in [4.78, 5) is 26.9. The largest absolute Gasteiger partial charge is 0.351 e. The van der Waals surface area contributed by atoms with Crippen LogP contribution in [0.15, 0.2) is 30.6 Å². The molecular weight excluding hydrogens is 347 g/mol. The quantitative estimate of drug-likeness (QED) is 0.846. The van der Waals surface area contributed by atoms with Crippen molar-refractivity contribution in [3.63, 3.8) is 0 Å². The van der Waals surface area contributed by atoms with Gasteiger partial charge in [0.25, 0.3) is 0 Å². The Morgan fingerprint density at radius 3 is 2.84 bits per heavy atom. The van der Waals surface area contributed by atoms with Crippen LogP contribution in [0.25, 0.3) is 0 Å². The maximum atomic E-state index is 13.4. The van der Waals surface area contributed by atoms with Crippen molar-refractivity contribution >= 4 is 29.1 Å². The third-order valence-corrected chi connectivity index (χ3v) is 4.65. The number of carbonyl (C=O) groups is 2. The first-order chi connectivity index (χ1) is 11.8. The van der Waals surface area contributed by atoms with Crippen LogP contribution in [0, 0.1) is 11.2 Å². The molecule has 0 aliphatic carbocycles. The van der Waals surface area contributed by atoms with E-state index in [0.717, 1.165) is 0 Å². The van der Waals surface area contributed by atoms with Crippen LogP contribution in [0.3, 0.4) is 0 Å². The average Bonchev–Trinajstić information content (AvgIpc) is 3.09. The van der Waals surface area contributed by atoms with Crippen molar-refractivity contribution in [2.45, 2.75) is 19.9 Å². The lowest BCUT2D eigenvalue weighted by molar-refractivity contribution is -0.138. The Balaban J connectivity index is 1.70. The number of benzene rings is 1. The fourth-order valence-corrected chi connectivity index (χ4v) is 3.18. The molecule has 1 saturated heterocycles. The summed E-state index contributed by atoms with van der Waals surface area (Å²) in [6.45, 7) is 2.17. The lowest BCUT2D eigenvalue weighted by Crippen LogP contribution is -2.44. The summed E-state index contributed by atoms with van der Waals surface area (Å²) in [6, 6.07) is 4.07. The molecular formula is C17H18ClFN4O2. The van der Waals surface area contributed by atoms with Crippen molar-refractivity contribution in [1.82, 2.24) is 15.1 Å². The van der Waals surface area contributed by atoms with Crippen LogP contribution >= 0.6 is 11.6 Å². The summed E-state index contributed by atoms with van der Waals surface area (Å²) in [7, 11) is 1.76. The van der Waals surface area contributed by atoms with E-state index in [9.17, 15) is 14.0 Å². The summed E-state index contributed by atoms with van der Waals surface area (Å²) < 4.78 is 15.0. The van der Waals surface area contributed by atoms with E-state index in [0.29, 0.717) is 24.2 Å². The maximum Gasteiger partial charge on any atom is 0.242 e. The summed E-state index contributed by atoms with van der Waals surface area (Å²) in [5.41, 5.74) is 0.0462. The van der Waals surface area contributed by atoms with Gasteiger partial charge in [0.15, 0.2) is 0 Å². The van der Waals surface area contributed by atoms with Gasteiger partial charge in [-0.1, -0.05) is 11.6 Å². The maximum absolute atomic E-state index is 13.4. The Bertz CT molecular complexity index is 818. The van der Waals surface area contributed by atoms with E-state index in [-0.39, 0.29) is 23.4 Å². The topological polar surface area (TPSA) is 67.2 Å². The van der Waals surface area contributed by atoms with Gasteiger partial charge in [-0.15, -0.1) is 0 Å². The highest BCUT2D eigenvalue weighted by Gasteiger charge is 2.49. The molecule has 0 bridgehead atoms. The van der Waals surface area contributed by atoms with Crippen molar-refractivity contribution in [1.29, 1.82) is 0 Å². The molecule has 1 aliphatic rings. The molecule has 6 nitrogen and oxygen atoms in total. The van der Waals surface area contributed by atoms with E-state index in [2.05, 4.69) is 10.4 Å². The monoisotopic (exact) mass is 364 g/mol. The van der Waals surface area contributed by atoms with Gasteiger partial charge in [-0.25, -0.2) is 4.39 Å². The zero-order valence-corrected chi connectivity index (χ0v) is 14.7. The summed E-state index contributed by atoms with van der Waals surface area (Å²) in [5.74, 6) is -1.12. The Morgan fingerprint density at radius 1 is 1.44 bits per heavy atom. The summed E-state index contributed by atoms with van der Waals surface area (Å²) in [6.07, 6.45) is 3.73. The van der Waals surface area contributed by atoms with Crippen molar-refractivity contribution in [2.24, 2.45) is 12.5 Å². The van der Waals surface area contributed by atoms with Crippen LogP contribution in [-0.2, 0) is 23.2 Å². The predicted octanol–water partition coefficient (Wildman–Crippen LogP) is 2.27. The van der Waals surface area contributed by atoms with Gasteiger partial charge in [0.1, 0.15) is 11.2 Å². The molecule has 1 aliphatic heterocycles. The van der Waals surface area contributed by atoms with Gasteiger partial charge in [0.2, 0.25) is 11.8 Å². The van der Waals surface area contributed by atoms with Crippen LogP contribution < -0.4 is 10.2 Å². The molecule has 2 amide bonds. The molecule has 1 aromatic carbocycles. The number of hydrogen-bond donors (Lipinski definition) is 1. The molecule has 2 heterocycles. The molecule has 2 aromatic rings. The van der Waals surface area contributed by atoms with E-state index >= 15 is 0 Å². The first-order valence-electron chi connectivity index (χ1n) is 7.83. The smallest absolute Gasteiger partial charge is 0.242 e. The lowest BCUT2D eigenvalue weighted by Gasteiger charge is -2.22. The van der Waals surface area contributed by atoms with Crippen LogP contribution in [0.2, 0.25) is 5.02 Å². The first kappa shape index (κ1) is 17.4. The van der Waals surface area contributed by atoms with E-state index in [1.54, 1.807) is 42.0 Å². The number of anilines is 1. The zero-order chi connectivity index (χ0) is 18.2. The van der Waals surface area contributed by atoms with E-state index in [1.165, 1.54) is 12.1 Å². The van der Waals surface area contributed by atoms with Gasteiger partial charge in [0.05, 0.1) is 11.9 Å². The van der Waals surface area contributed by atoms with E-state index in [4.69, 9.17) is 11.6 Å². The highest BCUT2D eigenvalue weighted by molar-refractivity contribution is 6.30. The predicted molar refractivity (Wildman–Crippen MR) is 91.5 cm³/mol. The number of hydrogen-bond acceptors (Lipinski definition) is 3. The van der Waals surface area contributed by atoms with Crippen LogP contribution in [0.1, 0.15) is 18.9 Å². The lowest BCUT2D eigenvalue weighted by atomic mass is 9.87. The van der Waals surface area contributed by atoms with Gasteiger partial charge in [-0.2, -0.15) is 5.10 Å².